The number of hydrogen-bond donors (Lipinski definition) is 0. The van der Waals surface area contributed by atoms with Crippen molar-refractivity contribution in [3.8, 4) is 0 Å². The second-order valence-electron chi connectivity index (χ2n) is 2.64. The Labute approximate surface area is 69.7 Å². The number of hydrogen-bond acceptors (Lipinski definition) is 2. The molecule has 0 radical (unpaired) electrons. The Morgan fingerprint density at radius 3 is 2.08 bits per heavy atom. The van der Waals surface area contributed by atoms with Gasteiger partial charge in [0.15, 0.2) is 6.10 Å². The van der Waals surface area contributed by atoms with Gasteiger partial charge < -0.3 is 4.74 Å². The Morgan fingerprint density at radius 1 is 1.23 bits per heavy atom. The van der Waals surface area contributed by atoms with Gasteiger partial charge in [-0.25, -0.2) is 0 Å². The van der Waals surface area contributed by atoms with Crippen LogP contribution in [0.4, 0.5) is 22.0 Å². The summed E-state index contributed by atoms with van der Waals surface area (Å²) in [4.78, 5) is 10.3. The van der Waals surface area contributed by atoms with Crippen molar-refractivity contribution < 1.29 is 31.5 Å². The van der Waals surface area contributed by atoms with E-state index in [9.17, 15) is 26.7 Å². The number of alkyl halides is 5. The summed E-state index contributed by atoms with van der Waals surface area (Å²) in [5.74, 6) is -5.96. The summed E-state index contributed by atoms with van der Waals surface area (Å²) >= 11 is 0. The molecule has 76 valence electrons. The molecule has 1 heterocycles. The summed E-state index contributed by atoms with van der Waals surface area (Å²) in [5.41, 5.74) is 0. The van der Waals surface area contributed by atoms with Gasteiger partial charge in [0.1, 0.15) is 0 Å². The Hall–Kier alpha value is -0.880. The largest absolute Gasteiger partial charge is 0.457 e. The van der Waals surface area contributed by atoms with E-state index < -0.39 is 37.0 Å². The molecule has 0 aliphatic carbocycles. The molecule has 0 aromatic heterocycles. The molecule has 0 aromatic rings. The molecule has 0 spiro atoms. The van der Waals surface area contributed by atoms with Gasteiger partial charge in [-0.2, -0.15) is 22.0 Å². The van der Waals surface area contributed by atoms with Crippen molar-refractivity contribution in [1.82, 2.24) is 0 Å². The van der Waals surface area contributed by atoms with E-state index in [4.69, 9.17) is 0 Å². The summed E-state index contributed by atoms with van der Waals surface area (Å²) in [5, 5.41) is 0. The zero-order chi connectivity index (χ0) is 10.3. The molecule has 1 atom stereocenters. The number of rotatable bonds is 1. The molecular formula is C6H5F5O2. The van der Waals surface area contributed by atoms with Gasteiger partial charge in [0.2, 0.25) is 0 Å². The van der Waals surface area contributed by atoms with Crippen molar-refractivity contribution in [3.63, 3.8) is 0 Å². The van der Waals surface area contributed by atoms with Crippen LogP contribution in [-0.2, 0) is 9.53 Å². The lowest BCUT2D eigenvalue weighted by atomic mass is 10.1. The number of halogens is 5. The van der Waals surface area contributed by atoms with Gasteiger partial charge in [0.25, 0.3) is 0 Å². The summed E-state index contributed by atoms with van der Waals surface area (Å²) in [6, 6.07) is 0. The van der Waals surface area contributed by atoms with Crippen molar-refractivity contribution in [2.45, 2.75) is 31.0 Å². The Balaban J connectivity index is 2.76. The van der Waals surface area contributed by atoms with Crippen LogP contribution in [-0.4, -0.2) is 24.2 Å². The highest BCUT2D eigenvalue weighted by molar-refractivity contribution is 5.71. The van der Waals surface area contributed by atoms with Crippen molar-refractivity contribution in [1.29, 1.82) is 0 Å². The fraction of sp³-hybridized carbons (Fsp3) is 0.833. The van der Waals surface area contributed by atoms with Crippen molar-refractivity contribution >= 4 is 5.97 Å². The molecule has 0 amide bonds. The van der Waals surface area contributed by atoms with Gasteiger partial charge in [-0.3, -0.25) is 4.79 Å². The monoisotopic (exact) mass is 204 g/mol. The first-order chi connectivity index (χ1) is 5.75. The molecule has 1 fully saturated rings. The number of cyclic esters (lactones) is 1. The Kier molecular flexibility index (Phi) is 2.21. The maximum atomic E-state index is 12.4. The van der Waals surface area contributed by atoms with Gasteiger partial charge in [0, 0.05) is 12.8 Å². The molecule has 7 heteroatoms. The van der Waals surface area contributed by atoms with Crippen LogP contribution >= 0.6 is 0 Å². The van der Waals surface area contributed by atoms with Gasteiger partial charge in [-0.15, -0.1) is 0 Å². The molecule has 1 aliphatic rings. The summed E-state index contributed by atoms with van der Waals surface area (Å²) in [6.07, 6.45) is -9.01. The zero-order valence-corrected chi connectivity index (χ0v) is 6.20. The minimum atomic E-state index is -5.66. The van der Waals surface area contributed by atoms with Crippen LogP contribution in [0.2, 0.25) is 0 Å². The lowest BCUT2D eigenvalue weighted by molar-refractivity contribution is -0.310. The van der Waals surface area contributed by atoms with Crippen molar-refractivity contribution in [2.75, 3.05) is 0 Å². The summed E-state index contributed by atoms with van der Waals surface area (Å²) in [7, 11) is 0. The second-order valence-corrected chi connectivity index (χ2v) is 2.64. The molecule has 1 aliphatic heterocycles. The van der Waals surface area contributed by atoms with Crippen molar-refractivity contribution in [2.24, 2.45) is 0 Å². The van der Waals surface area contributed by atoms with Crippen LogP contribution < -0.4 is 0 Å². The average molecular weight is 204 g/mol. The Bertz CT molecular complexity index is 222. The lowest BCUT2D eigenvalue weighted by Gasteiger charge is -2.23. The third kappa shape index (κ3) is 1.73. The van der Waals surface area contributed by atoms with Crippen LogP contribution in [0, 0.1) is 0 Å². The van der Waals surface area contributed by atoms with E-state index in [1.54, 1.807) is 0 Å². The molecule has 1 rings (SSSR count). The fourth-order valence-electron chi connectivity index (χ4n) is 0.963. The van der Waals surface area contributed by atoms with Crippen LogP contribution in [0.1, 0.15) is 12.8 Å². The predicted molar refractivity (Wildman–Crippen MR) is 30.1 cm³/mol. The van der Waals surface area contributed by atoms with Crippen LogP contribution in [0.15, 0.2) is 0 Å². The molecule has 0 unspecified atom stereocenters. The summed E-state index contributed by atoms with van der Waals surface area (Å²) in [6.45, 7) is 0. The van der Waals surface area contributed by atoms with E-state index in [0.29, 0.717) is 0 Å². The third-order valence-electron chi connectivity index (χ3n) is 1.67. The molecule has 0 aromatic carbocycles. The first-order valence-electron chi connectivity index (χ1n) is 3.39. The molecule has 0 bridgehead atoms. The van der Waals surface area contributed by atoms with Gasteiger partial charge in [0.05, 0.1) is 0 Å². The lowest BCUT2D eigenvalue weighted by Crippen LogP contribution is -2.46. The van der Waals surface area contributed by atoms with Gasteiger partial charge >= 0.3 is 18.1 Å². The topological polar surface area (TPSA) is 26.3 Å². The molecule has 13 heavy (non-hydrogen) atoms. The van der Waals surface area contributed by atoms with E-state index >= 15 is 0 Å². The van der Waals surface area contributed by atoms with Crippen LogP contribution in [0.25, 0.3) is 0 Å². The number of carbonyl (C=O) groups excluding carboxylic acids is 1. The number of esters is 1. The van der Waals surface area contributed by atoms with E-state index in [0.717, 1.165) is 0 Å². The van der Waals surface area contributed by atoms with Crippen molar-refractivity contribution in [3.05, 3.63) is 0 Å². The number of carbonyl (C=O) groups is 1. The van der Waals surface area contributed by atoms with E-state index in [2.05, 4.69) is 4.74 Å². The van der Waals surface area contributed by atoms with E-state index in [1.807, 2.05) is 0 Å². The van der Waals surface area contributed by atoms with Gasteiger partial charge in [-0.1, -0.05) is 0 Å². The normalized spacial score (nSPS) is 24.7. The molecule has 1 saturated heterocycles. The first-order valence-corrected chi connectivity index (χ1v) is 3.39. The third-order valence-corrected chi connectivity index (χ3v) is 1.67. The smallest absolute Gasteiger partial charge is 0.456 e. The zero-order valence-electron chi connectivity index (χ0n) is 6.20. The quantitative estimate of drug-likeness (QED) is 0.481. The Morgan fingerprint density at radius 2 is 1.77 bits per heavy atom. The first kappa shape index (κ1) is 10.2. The molecule has 0 saturated carbocycles. The molecule has 2 nitrogen and oxygen atoms in total. The average Bonchev–Trinajstić information content (AvgIpc) is 2.33. The summed E-state index contributed by atoms with van der Waals surface area (Å²) < 4.78 is 63.7. The van der Waals surface area contributed by atoms with E-state index in [1.165, 1.54) is 0 Å². The van der Waals surface area contributed by atoms with Crippen LogP contribution in [0.5, 0.6) is 0 Å². The van der Waals surface area contributed by atoms with Gasteiger partial charge in [-0.05, 0) is 0 Å². The maximum Gasteiger partial charge on any atom is 0.457 e. The number of ether oxygens (including phenoxy) is 1. The second kappa shape index (κ2) is 2.81. The maximum absolute atomic E-state index is 12.4. The highest BCUT2D eigenvalue weighted by atomic mass is 19.4. The SMILES string of the molecule is O=C1CC[C@H](C(F)(F)C(F)(F)F)O1. The minimum Gasteiger partial charge on any atom is -0.456 e. The standard InChI is InChI=1S/C6H5F5O2/c7-5(8,6(9,10)11)3-1-2-4(12)13-3/h3H,1-2H2/t3-/m1/s1. The highest BCUT2D eigenvalue weighted by Crippen LogP contribution is 2.42. The highest BCUT2D eigenvalue weighted by Gasteiger charge is 2.65. The molecule has 0 N–H and O–H groups in total. The fourth-order valence-corrected chi connectivity index (χ4v) is 0.963. The minimum absolute atomic E-state index is 0.393. The molecular weight excluding hydrogens is 199 g/mol. The van der Waals surface area contributed by atoms with E-state index in [-0.39, 0.29) is 0 Å². The van der Waals surface area contributed by atoms with Crippen LogP contribution in [0.3, 0.4) is 0 Å². The predicted octanol–water partition coefficient (Wildman–Crippen LogP) is 1.89.